The van der Waals surface area contributed by atoms with E-state index in [0.29, 0.717) is 0 Å². The summed E-state index contributed by atoms with van der Waals surface area (Å²) < 4.78 is 5.65. The first kappa shape index (κ1) is 19.6. The lowest BCUT2D eigenvalue weighted by Crippen LogP contribution is -2.46. The minimum Gasteiger partial charge on any atom is -0.491 e. The van der Waals surface area contributed by atoms with Crippen molar-refractivity contribution in [3.63, 3.8) is 0 Å². The Morgan fingerprint density at radius 2 is 1.80 bits per heavy atom. The molecule has 1 fully saturated rings. The van der Waals surface area contributed by atoms with E-state index in [-0.39, 0.29) is 30.3 Å². The highest BCUT2D eigenvalue weighted by molar-refractivity contribution is 5.74. The van der Waals surface area contributed by atoms with Crippen molar-refractivity contribution < 1.29 is 14.6 Å². The van der Waals surface area contributed by atoms with E-state index in [1.807, 2.05) is 32.9 Å². The van der Waals surface area contributed by atoms with Gasteiger partial charge >= 0.3 is 6.03 Å². The van der Waals surface area contributed by atoms with Gasteiger partial charge in [0.1, 0.15) is 5.75 Å². The predicted octanol–water partition coefficient (Wildman–Crippen LogP) is 3.40. The summed E-state index contributed by atoms with van der Waals surface area (Å²) >= 11 is 0. The molecule has 0 radical (unpaired) electrons. The Bertz CT molecular complexity index is 522. The molecule has 0 aromatic heterocycles. The summed E-state index contributed by atoms with van der Waals surface area (Å²) in [4.78, 5) is 12.1. The molecular formula is C20H32N2O3. The number of benzene rings is 1. The second kappa shape index (κ2) is 9.66. The fourth-order valence-electron chi connectivity index (χ4n) is 3.13. The summed E-state index contributed by atoms with van der Waals surface area (Å²) in [5.41, 5.74) is 1.24. The normalized spacial score (nSPS) is 21.6. The van der Waals surface area contributed by atoms with Crippen molar-refractivity contribution in [2.75, 3.05) is 0 Å². The van der Waals surface area contributed by atoms with Crippen LogP contribution in [0.15, 0.2) is 24.3 Å². The number of carbonyl (C=O) groups excluding carboxylic acids is 1. The van der Waals surface area contributed by atoms with Crippen LogP contribution < -0.4 is 15.4 Å². The van der Waals surface area contributed by atoms with Crippen molar-refractivity contribution >= 4 is 6.03 Å². The highest BCUT2D eigenvalue weighted by atomic mass is 16.5. The van der Waals surface area contributed by atoms with Crippen LogP contribution >= 0.6 is 0 Å². The molecule has 1 aromatic carbocycles. The summed E-state index contributed by atoms with van der Waals surface area (Å²) in [5.74, 6) is 0.891. The number of aliphatic hydroxyl groups is 1. The zero-order valence-corrected chi connectivity index (χ0v) is 15.6. The van der Waals surface area contributed by atoms with Crippen molar-refractivity contribution in [2.45, 2.75) is 83.6 Å². The van der Waals surface area contributed by atoms with Gasteiger partial charge in [0.15, 0.2) is 0 Å². The topological polar surface area (TPSA) is 70.6 Å². The Balaban J connectivity index is 1.67. The Morgan fingerprint density at radius 1 is 1.16 bits per heavy atom. The van der Waals surface area contributed by atoms with Gasteiger partial charge in [-0.1, -0.05) is 12.1 Å². The number of aryl methyl sites for hydroxylation is 1. The van der Waals surface area contributed by atoms with E-state index >= 15 is 0 Å². The smallest absolute Gasteiger partial charge is 0.315 e. The Kier molecular flexibility index (Phi) is 7.56. The second-order valence-electron chi connectivity index (χ2n) is 7.37. The van der Waals surface area contributed by atoms with Crippen molar-refractivity contribution in [3.05, 3.63) is 29.8 Å². The molecule has 1 saturated carbocycles. The zero-order valence-electron chi connectivity index (χ0n) is 15.6. The highest BCUT2D eigenvalue weighted by Crippen LogP contribution is 2.18. The number of rotatable bonds is 7. The molecule has 0 bridgehead atoms. The van der Waals surface area contributed by atoms with Crippen LogP contribution in [0.5, 0.6) is 5.75 Å². The molecule has 1 aromatic rings. The maximum atomic E-state index is 12.1. The van der Waals surface area contributed by atoms with Gasteiger partial charge in [-0.3, -0.25) is 0 Å². The minimum absolute atomic E-state index is 0.102. The van der Waals surface area contributed by atoms with E-state index in [9.17, 15) is 9.90 Å². The molecule has 2 rings (SSSR count). The van der Waals surface area contributed by atoms with Gasteiger partial charge in [0.25, 0.3) is 0 Å². The monoisotopic (exact) mass is 348 g/mol. The Hall–Kier alpha value is -1.75. The van der Waals surface area contributed by atoms with Gasteiger partial charge in [0.05, 0.1) is 12.2 Å². The second-order valence-corrected chi connectivity index (χ2v) is 7.37. The van der Waals surface area contributed by atoms with E-state index in [1.54, 1.807) is 0 Å². The number of carbonyl (C=O) groups is 1. The van der Waals surface area contributed by atoms with Crippen LogP contribution in [0.25, 0.3) is 0 Å². The lowest BCUT2D eigenvalue weighted by Gasteiger charge is -2.27. The van der Waals surface area contributed by atoms with Crippen molar-refractivity contribution in [2.24, 2.45) is 0 Å². The largest absolute Gasteiger partial charge is 0.491 e. The number of ether oxygens (including phenoxy) is 1. The van der Waals surface area contributed by atoms with Gasteiger partial charge in [0, 0.05) is 12.1 Å². The first-order valence-electron chi connectivity index (χ1n) is 9.43. The fourth-order valence-corrected chi connectivity index (χ4v) is 3.13. The number of nitrogens with one attached hydrogen (secondary N) is 2. The van der Waals surface area contributed by atoms with Crippen molar-refractivity contribution in [1.82, 2.24) is 10.6 Å². The third-order valence-electron chi connectivity index (χ3n) is 4.57. The quantitative estimate of drug-likeness (QED) is 0.707. The molecule has 0 unspecified atom stereocenters. The van der Waals surface area contributed by atoms with Crippen molar-refractivity contribution in [1.29, 1.82) is 0 Å². The number of hydrogen-bond acceptors (Lipinski definition) is 3. The van der Waals surface area contributed by atoms with E-state index in [0.717, 1.165) is 44.3 Å². The molecule has 1 aliphatic carbocycles. The first-order chi connectivity index (χ1) is 11.9. The molecule has 5 nitrogen and oxygen atoms in total. The third-order valence-corrected chi connectivity index (χ3v) is 4.57. The summed E-state index contributed by atoms with van der Waals surface area (Å²) in [6.45, 7) is 6.06. The molecule has 0 aliphatic heterocycles. The summed E-state index contributed by atoms with van der Waals surface area (Å²) in [6.07, 6.45) is 5.05. The van der Waals surface area contributed by atoms with Crippen LogP contribution in [0.3, 0.4) is 0 Å². The van der Waals surface area contributed by atoms with Crippen LogP contribution in [0.4, 0.5) is 4.79 Å². The Morgan fingerprint density at radius 3 is 2.40 bits per heavy atom. The highest BCUT2D eigenvalue weighted by Gasteiger charge is 2.21. The van der Waals surface area contributed by atoms with Gasteiger partial charge in [-0.15, -0.1) is 0 Å². The SMILES string of the molecule is CC(C)Oc1ccc(CC[C@@H](C)NC(=O)NC2CCC(O)CC2)cc1. The zero-order chi connectivity index (χ0) is 18.2. The van der Waals surface area contributed by atoms with Gasteiger partial charge in [-0.2, -0.15) is 0 Å². The fraction of sp³-hybridized carbons (Fsp3) is 0.650. The molecule has 5 heteroatoms. The van der Waals surface area contributed by atoms with E-state index in [4.69, 9.17) is 4.74 Å². The lowest BCUT2D eigenvalue weighted by molar-refractivity contribution is 0.117. The van der Waals surface area contributed by atoms with Gasteiger partial charge in [-0.25, -0.2) is 4.79 Å². The van der Waals surface area contributed by atoms with Gasteiger partial charge in [-0.05, 0) is 77.0 Å². The first-order valence-corrected chi connectivity index (χ1v) is 9.43. The van der Waals surface area contributed by atoms with E-state index < -0.39 is 0 Å². The van der Waals surface area contributed by atoms with Crippen LogP contribution in [-0.2, 0) is 6.42 Å². The molecule has 2 amide bonds. The summed E-state index contributed by atoms with van der Waals surface area (Å²) in [7, 11) is 0. The van der Waals surface area contributed by atoms with E-state index in [2.05, 4.69) is 22.8 Å². The summed E-state index contributed by atoms with van der Waals surface area (Å²) in [5, 5.41) is 15.5. The molecule has 1 aliphatic rings. The molecule has 1 atom stereocenters. The van der Waals surface area contributed by atoms with Gasteiger partial charge < -0.3 is 20.5 Å². The predicted molar refractivity (Wildman–Crippen MR) is 99.9 cm³/mol. The number of amides is 2. The number of hydrogen-bond donors (Lipinski definition) is 3. The maximum absolute atomic E-state index is 12.1. The molecule has 3 N–H and O–H groups in total. The maximum Gasteiger partial charge on any atom is 0.315 e. The average molecular weight is 348 g/mol. The molecule has 140 valence electrons. The third kappa shape index (κ3) is 7.34. The molecule has 25 heavy (non-hydrogen) atoms. The average Bonchev–Trinajstić information content (AvgIpc) is 2.56. The summed E-state index contributed by atoms with van der Waals surface area (Å²) in [6, 6.07) is 8.35. The Labute approximate surface area is 151 Å². The van der Waals surface area contributed by atoms with Crippen LogP contribution in [0, 0.1) is 0 Å². The number of aliphatic hydroxyl groups excluding tert-OH is 1. The van der Waals surface area contributed by atoms with Crippen LogP contribution in [0.2, 0.25) is 0 Å². The van der Waals surface area contributed by atoms with Crippen LogP contribution in [0.1, 0.15) is 58.4 Å². The van der Waals surface area contributed by atoms with Crippen LogP contribution in [-0.4, -0.2) is 35.4 Å². The lowest BCUT2D eigenvalue weighted by atomic mass is 9.93. The molecule has 0 heterocycles. The van der Waals surface area contributed by atoms with Gasteiger partial charge in [0.2, 0.25) is 0 Å². The molecular weight excluding hydrogens is 316 g/mol. The minimum atomic E-state index is -0.197. The standard InChI is InChI=1S/C20H32N2O3/c1-14(2)25-19-12-6-16(7-13-19)5-4-15(3)21-20(24)22-17-8-10-18(23)11-9-17/h6-7,12-15,17-18,23H,4-5,8-11H2,1-3H3,(H2,21,22,24)/t15-,17?,18?/m1/s1. The van der Waals surface area contributed by atoms with Crippen molar-refractivity contribution in [3.8, 4) is 5.75 Å². The number of urea groups is 1. The molecule has 0 spiro atoms. The molecule has 0 saturated heterocycles. The van der Waals surface area contributed by atoms with E-state index in [1.165, 1.54) is 5.56 Å².